The molecule has 9 rings (SSSR count). The summed E-state index contributed by atoms with van der Waals surface area (Å²) in [5.41, 5.74) is 9.42. The predicted octanol–water partition coefficient (Wildman–Crippen LogP) is 6.96. The van der Waals surface area contributed by atoms with E-state index in [0.29, 0.717) is 46.6 Å². The number of aromatic nitrogens is 4. The second-order valence-corrected chi connectivity index (χ2v) is 19.3. The highest BCUT2D eigenvalue weighted by molar-refractivity contribution is 7.99. The van der Waals surface area contributed by atoms with Gasteiger partial charge in [-0.2, -0.15) is 5.10 Å². The van der Waals surface area contributed by atoms with Crippen molar-refractivity contribution in [3.8, 4) is 22.8 Å². The fourth-order valence-corrected chi connectivity index (χ4v) is 11.0. The Bertz CT molecular complexity index is 2620. The van der Waals surface area contributed by atoms with Crippen LogP contribution >= 0.6 is 11.8 Å². The van der Waals surface area contributed by atoms with Crippen molar-refractivity contribution in [1.29, 1.82) is 0 Å². The van der Waals surface area contributed by atoms with Crippen LogP contribution in [0.2, 0.25) is 0 Å². The molecule has 2 atom stereocenters. The van der Waals surface area contributed by atoms with Crippen LogP contribution in [-0.2, 0) is 14.4 Å². The van der Waals surface area contributed by atoms with Crippen molar-refractivity contribution in [2.45, 2.75) is 94.0 Å². The third kappa shape index (κ3) is 10.7. The summed E-state index contributed by atoms with van der Waals surface area (Å²) in [6, 6.07) is 21.8. The fraction of sp³-hybridized carbons (Fsp3) is 0.451. The number of thioether (sulfide) groups is 1. The summed E-state index contributed by atoms with van der Waals surface area (Å²) in [7, 11) is 0. The number of rotatable bonds is 19. The number of hydrogen-bond donors (Lipinski definition) is 2. The zero-order chi connectivity index (χ0) is 47.0. The molecule has 3 fully saturated rings. The minimum absolute atomic E-state index is 0.0226. The molecule has 2 aromatic heterocycles. The Morgan fingerprint density at radius 3 is 2.25 bits per heavy atom. The van der Waals surface area contributed by atoms with Crippen LogP contribution in [0.5, 0.6) is 11.5 Å². The molecule has 0 bridgehead atoms. The molecule has 356 valence electrons. The van der Waals surface area contributed by atoms with Crippen molar-refractivity contribution in [2.75, 3.05) is 63.8 Å². The Hall–Kier alpha value is -6.17. The van der Waals surface area contributed by atoms with Crippen LogP contribution in [0.3, 0.4) is 0 Å². The van der Waals surface area contributed by atoms with Crippen LogP contribution in [-0.4, -0.2) is 133 Å². The zero-order valence-electron chi connectivity index (χ0n) is 38.5. The average molecular weight is 941 g/mol. The van der Waals surface area contributed by atoms with Gasteiger partial charge in [-0.15, -0.1) is 11.8 Å². The number of nitrogens with zero attached hydrogens (tertiary/aromatic N) is 8. The minimum atomic E-state index is -0.956. The van der Waals surface area contributed by atoms with Crippen molar-refractivity contribution in [1.82, 2.24) is 44.7 Å². The number of fused-ring (bicyclic) bond motifs is 2. The minimum Gasteiger partial charge on any atom is -0.457 e. The first kappa shape index (κ1) is 46.9. The molecule has 6 heterocycles. The molecule has 2 unspecified atom stereocenters. The molecular weight excluding hydrogens is 881 g/mol. The van der Waals surface area contributed by atoms with Gasteiger partial charge in [0.15, 0.2) is 5.65 Å². The number of anilines is 1. The van der Waals surface area contributed by atoms with Gasteiger partial charge in [0.05, 0.1) is 22.6 Å². The first-order chi connectivity index (χ1) is 33.2. The van der Waals surface area contributed by atoms with E-state index in [9.17, 15) is 24.0 Å². The molecule has 0 spiro atoms. The van der Waals surface area contributed by atoms with Gasteiger partial charge in [-0.1, -0.05) is 49.9 Å². The lowest BCUT2D eigenvalue weighted by atomic mass is 10.0. The second kappa shape index (κ2) is 21.8. The molecule has 68 heavy (non-hydrogen) atoms. The van der Waals surface area contributed by atoms with Gasteiger partial charge in [-0.05, 0) is 106 Å². The number of piperazine rings is 1. The third-order valence-corrected chi connectivity index (χ3v) is 14.7. The van der Waals surface area contributed by atoms with E-state index < -0.39 is 23.8 Å². The number of nitrogens with one attached hydrogen (secondary N) is 1. The number of nitrogen functional groups attached to an aromatic ring is 1. The van der Waals surface area contributed by atoms with Crippen molar-refractivity contribution < 1.29 is 28.7 Å². The maximum absolute atomic E-state index is 13.6. The van der Waals surface area contributed by atoms with E-state index in [1.807, 2.05) is 70.2 Å². The SMILES string of the molecule is Nc1ncnc2c1c(-c1ccc(Oc3ccccc3)cc1)nn2C1CCCN(C(=O)CCCN2CCN(CCCCCCCCSc3cccc4c3C(=O)N(C3CCC(=O)NC3=O)C4=O)CC2)C1. The number of para-hydroxylation sites is 1. The molecule has 3 N–H and O–H groups in total. The molecular formula is C51H60N10O6S. The van der Waals surface area contributed by atoms with Gasteiger partial charge in [-0.3, -0.25) is 34.2 Å². The van der Waals surface area contributed by atoms with Crippen molar-refractivity contribution in [3.05, 3.63) is 90.3 Å². The topological polar surface area (TPSA) is 189 Å². The molecule has 4 aliphatic heterocycles. The summed E-state index contributed by atoms with van der Waals surface area (Å²) < 4.78 is 7.96. The number of hydrogen-bond acceptors (Lipinski definition) is 13. The number of unbranched alkanes of at least 4 members (excludes halogenated alkanes) is 5. The second-order valence-electron chi connectivity index (χ2n) is 18.2. The Morgan fingerprint density at radius 1 is 0.765 bits per heavy atom. The van der Waals surface area contributed by atoms with Crippen molar-refractivity contribution >= 4 is 58.1 Å². The maximum Gasteiger partial charge on any atom is 0.263 e. The van der Waals surface area contributed by atoms with Crippen LogP contribution in [0, 0.1) is 0 Å². The van der Waals surface area contributed by atoms with Gasteiger partial charge < -0.3 is 25.2 Å². The lowest BCUT2D eigenvalue weighted by Crippen LogP contribution is -2.54. The van der Waals surface area contributed by atoms with E-state index in [1.165, 1.54) is 25.6 Å². The summed E-state index contributed by atoms with van der Waals surface area (Å²) in [6.07, 6.45) is 11.7. The van der Waals surface area contributed by atoms with Crippen LogP contribution < -0.4 is 15.8 Å². The fourth-order valence-electron chi connectivity index (χ4n) is 9.92. The van der Waals surface area contributed by atoms with E-state index in [-0.39, 0.29) is 30.7 Å². The Labute approximate surface area is 400 Å². The highest BCUT2D eigenvalue weighted by Gasteiger charge is 2.45. The number of benzene rings is 3. The first-order valence-electron chi connectivity index (χ1n) is 24.2. The Morgan fingerprint density at radius 2 is 1.49 bits per heavy atom. The van der Waals surface area contributed by atoms with E-state index in [2.05, 4.69) is 25.1 Å². The number of carbonyl (C=O) groups excluding carboxylic acids is 5. The quantitative estimate of drug-likeness (QED) is 0.0492. The van der Waals surface area contributed by atoms with Crippen molar-refractivity contribution in [3.63, 3.8) is 0 Å². The normalized spacial score (nSPS) is 19.2. The molecule has 4 aliphatic rings. The van der Waals surface area contributed by atoms with Crippen molar-refractivity contribution in [2.24, 2.45) is 0 Å². The van der Waals surface area contributed by atoms with E-state index in [1.54, 1.807) is 23.9 Å². The highest BCUT2D eigenvalue weighted by atomic mass is 32.2. The number of carbonyl (C=O) groups is 5. The van der Waals surface area contributed by atoms with Gasteiger partial charge >= 0.3 is 0 Å². The number of ether oxygens (including phenoxy) is 1. The highest BCUT2D eigenvalue weighted by Crippen LogP contribution is 2.37. The smallest absolute Gasteiger partial charge is 0.263 e. The molecule has 0 radical (unpaired) electrons. The molecule has 3 aromatic carbocycles. The number of imide groups is 2. The first-order valence-corrected chi connectivity index (χ1v) is 25.2. The van der Waals surface area contributed by atoms with Gasteiger partial charge in [0, 0.05) is 62.6 Å². The lowest BCUT2D eigenvalue weighted by molar-refractivity contribution is -0.136. The Balaban J connectivity index is 0.649. The maximum atomic E-state index is 13.6. The summed E-state index contributed by atoms with van der Waals surface area (Å²) in [6.45, 7) is 7.54. The molecule has 0 saturated carbocycles. The molecule has 5 amide bonds. The molecule has 16 nitrogen and oxygen atoms in total. The molecule has 17 heteroatoms. The number of amides is 5. The lowest BCUT2D eigenvalue weighted by Gasteiger charge is -2.35. The van der Waals surface area contributed by atoms with E-state index in [4.69, 9.17) is 15.6 Å². The van der Waals surface area contributed by atoms with Gasteiger partial charge in [-0.25, -0.2) is 14.6 Å². The standard InChI is InChI=1S/C51H60N10O6S/c52-47-45-46(35-19-21-38(22-20-35)67-37-14-6-5-7-15-37)56-61(48(45)54-34-53-47)36-13-11-27-59(33-36)43(63)18-12-26-58-30-28-57(29-31-58)25-8-3-1-2-4-9-32-68-41-17-10-16-39-44(41)51(66)60(50(39)65)40-23-24-42(62)55-49(40)64/h5-7,10,14-17,19-22,34,36,40H,1-4,8-9,11-13,18,23-33H2,(H2,52,53,54)(H,55,62,64). The number of piperidine rings is 2. The molecule has 5 aromatic rings. The molecule has 3 saturated heterocycles. The summed E-state index contributed by atoms with van der Waals surface area (Å²) >= 11 is 1.59. The summed E-state index contributed by atoms with van der Waals surface area (Å²) in [5, 5.41) is 8.04. The summed E-state index contributed by atoms with van der Waals surface area (Å²) in [5.74, 6) is 1.00. The van der Waals surface area contributed by atoms with Crippen LogP contribution in [0.4, 0.5) is 5.82 Å². The zero-order valence-corrected chi connectivity index (χ0v) is 39.3. The van der Waals surface area contributed by atoms with Gasteiger partial charge in [0.2, 0.25) is 17.7 Å². The average Bonchev–Trinajstić information content (AvgIpc) is 3.87. The monoisotopic (exact) mass is 940 g/mol. The summed E-state index contributed by atoms with van der Waals surface area (Å²) in [4.78, 5) is 81.9. The predicted molar refractivity (Wildman–Crippen MR) is 260 cm³/mol. The third-order valence-electron chi connectivity index (χ3n) is 13.6. The largest absolute Gasteiger partial charge is 0.457 e. The van der Waals surface area contributed by atoms with E-state index in [0.717, 1.165) is 117 Å². The number of nitrogens with two attached hydrogens (primary N) is 1. The number of likely N-dealkylation sites (tertiary alicyclic amines) is 1. The Kier molecular flexibility index (Phi) is 15.1. The van der Waals surface area contributed by atoms with Crippen LogP contribution in [0.15, 0.2) is 84.0 Å². The van der Waals surface area contributed by atoms with Gasteiger partial charge in [0.1, 0.15) is 35.4 Å². The van der Waals surface area contributed by atoms with E-state index >= 15 is 0 Å². The van der Waals surface area contributed by atoms with Crippen LogP contribution in [0.25, 0.3) is 22.3 Å². The van der Waals surface area contributed by atoms with Gasteiger partial charge in [0.25, 0.3) is 11.8 Å². The molecule has 0 aliphatic carbocycles. The van der Waals surface area contributed by atoms with Crippen LogP contribution in [0.1, 0.15) is 104 Å².